The molecule has 6 nitrogen and oxygen atoms in total. The molecule has 2 atom stereocenters. The van der Waals surface area contributed by atoms with Crippen LogP contribution in [0.15, 0.2) is 36.4 Å². The molecule has 6 heteroatoms. The SMILES string of the molecule is COc1cccc(C2c3ccc4c(c3OC(=N)C2C#N)OCO4)c1. The molecule has 2 aliphatic heterocycles. The van der Waals surface area contributed by atoms with Gasteiger partial charge in [-0.15, -0.1) is 0 Å². The summed E-state index contributed by atoms with van der Waals surface area (Å²) in [5.41, 5.74) is 1.68. The lowest BCUT2D eigenvalue weighted by Gasteiger charge is -2.30. The number of hydrogen-bond acceptors (Lipinski definition) is 6. The Morgan fingerprint density at radius 2 is 2.08 bits per heavy atom. The van der Waals surface area contributed by atoms with E-state index in [1.54, 1.807) is 13.2 Å². The molecular weight excluding hydrogens is 308 g/mol. The molecule has 0 saturated carbocycles. The third-order valence-corrected chi connectivity index (χ3v) is 4.28. The Bertz CT molecular complexity index is 872. The quantitative estimate of drug-likeness (QED) is 0.918. The summed E-state index contributed by atoms with van der Waals surface area (Å²) >= 11 is 0. The molecule has 2 aliphatic rings. The molecule has 2 heterocycles. The van der Waals surface area contributed by atoms with Gasteiger partial charge in [-0.1, -0.05) is 18.2 Å². The number of nitrogens with zero attached hydrogens (tertiary/aromatic N) is 1. The summed E-state index contributed by atoms with van der Waals surface area (Å²) in [6.45, 7) is 0.119. The summed E-state index contributed by atoms with van der Waals surface area (Å²) in [6.07, 6.45) is 0. The normalized spacial score (nSPS) is 20.8. The van der Waals surface area contributed by atoms with Gasteiger partial charge in [-0.05, 0) is 23.8 Å². The smallest absolute Gasteiger partial charge is 0.231 e. The lowest BCUT2D eigenvalue weighted by atomic mass is 9.79. The van der Waals surface area contributed by atoms with Crippen LogP contribution >= 0.6 is 0 Å². The van der Waals surface area contributed by atoms with Crippen molar-refractivity contribution in [3.05, 3.63) is 47.5 Å². The molecule has 0 saturated heterocycles. The summed E-state index contributed by atoms with van der Waals surface area (Å²) in [5, 5.41) is 17.7. The van der Waals surface area contributed by atoms with Gasteiger partial charge in [0.1, 0.15) is 11.7 Å². The minimum Gasteiger partial charge on any atom is -0.497 e. The van der Waals surface area contributed by atoms with Crippen LogP contribution < -0.4 is 18.9 Å². The van der Waals surface area contributed by atoms with Crippen LogP contribution in [-0.2, 0) is 0 Å². The van der Waals surface area contributed by atoms with Gasteiger partial charge in [-0.25, -0.2) is 0 Å². The number of rotatable bonds is 2. The Balaban J connectivity index is 1.91. The number of benzene rings is 2. The zero-order chi connectivity index (χ0) is 16.7. The van der Waals surface area contributed by atoms with E-state index < -0.39 is 5.92 Å². The summed E-state index contributed by atoms with van der Waals surface area (Å²) < 4.78 is 21.8. The number of fused-ring (bicyclic) bond motifs is 3. The second kappa shape index (κ2) is 5.46. The van der Waals surface area contributed by atoms with Crippen molar-refractivity contribution in [2.24, 2.45) is 5.92 Å². The first kappa shape index (κ1) is 14.4. The fourth-order valence-corrected chi connectivity index (χ4v) is 3.16. The molecule has 0 aliphatic carbocycles. The molecule has 0 fully saturated rings. The second-order valence-electron chi connectivity index (χ2n) is 5.55. The molecule has 0 spiro atoms. The Hall–Kier alpha value is -3.20. The highest BCUT2D eigenvalue weighted by molar-refractivity contribution is 5.86. The van der Waals surface area contributed by atoms with Crippen LogP contribution in [0.25, 0.3) is 0 Å². The lowest BCUT2D eigenvalue weighted by molar-refractivity contribution is 0.172. The average Bonchev–Trinajstić information content (AvgIpc) is 3.09. The molecule has 0 aromatic heterocycles. The van der Waals surface area contributed by atoms with Crippen molar-refractivity contribution in [2.75, 3.05) is 13.9 Å². The van der Waals surface area contributed by atoms with E-state index in [1.807, 2.05) is 30.3 Å². The minimum absolute atomic E-state index is 0.0956. The zero-order valence-electron chi connectivity index (χ0n) is 12.9. The minimum atomic E-state index is -0.718. The Labute approximate surface area is 138 Å². The van der Waals surface area contributed by atoms with E-state index >= 15 is 0 Å². The lowest BCUT2D eigenvalue weighted by Crippen LogP contribution is -2.31. The van der Waals surface area contributed by atoms with Crippen LogP contribution in [0.3, 0.4) is 0 Å². The van der Waals surface area contributed by atoms with E-state index in [0.717, 1.165) is 11.1 Å². The van der Waals surface area contributed by atoms with E-state index in [2.05, 4.69) is 6.07 Å². The number of hydrogen-bond donors (Lipinski definition) is 1. The predicted octanol–water partition coefficient (Wildman–Crippen LogP) is 3.07. The molecule has 2 unspecified atom stereocenters. The van der Waals surface area contributed by atoms with Crippen molar-refractivity contribution in [3.63, 3.8) is 0 Å². The Morgan fingerprint density at radius 1 is 1.21 bits per heavy atom. The van der Waals surface area contributed by atoms with Gasteiger partial charge in [0.05, 0.1) is 13.2 Å². The van der Waals surface area contributed by atoms with Crippen LogP contribution in [-0.4, -0.2) is 19.8 Å². The van der Waals surface area contributed by atoms with Gasteiger partial charge in [-0.2, -0.15) is 5.26 Å². The first-order chi connectivity index (χ1) is 11.7. The van der Waals surface area contributed by atoms with Gasteiger partial charge in [0.25, 0.3) is 0 Å². The van der Waals surface area contributed by atoms with Crippen molar-refractivity contribution in [1.29, 1.82) is 10.7 Å². The highest BCUT2D eigenvalue weighted by Crippen LogP contribution is 2.51. The van der Waals surface area contributed by atoms with Crippen LogP contribution in [0.2, 0.25) is 0 Å². The summed E-state index contributed by atoms with van der Waals surface area (Å²) in [5.74, 6) is 1.07. The molecular formula is C18H14N2O4. The van der Waals surface area contributed by atoms with E-state index in [4.69, 9.17) is 24.4 Å². The van der Waals surface area contributed by atoms with Crippen LogP contribution in [0.4, 0.5) is 0 Å². The summed E-state index contributed by atoms with van der Waals surface area (Å²) in [6, 6.07) is 13.4. The molecule has 0 bridgehead atoms. The van der Waals surface area contributed by atoms with Gasteiger partial charge < -0.3 is 18.9 Å². The van der Waals surface area contributed by atoms with Crippen molar-refractivity contribution >= 4 is 5.90 Å². The third kappa shape index (κ3) is 2.06. The average molecular weight is 322 g/mol. The molecule has 0 radical (unpaired) electrons. The summed E-state index contributed by atoms with van der Waals surface area (Å²) in [4.78, 5) is 0. The first-order valence-electron chi connectivity index (χ1n) is 7.45. The number of nitriles is 1. The molecule has 120 valence electrons. The monoisotopic (exact) mass is 322 g/mol. The maximum atomic E-state index is 9.58. The Kier molecular flexibility index (Phi) is 3.28. The summed E-state index contributed by atoms with van der Waals surface area (Å²) in [7, 11) is 1.60. The fraction of sp³-hybridized carbons (Fsp3) is 0.222. The van der Waals surface area contributed by atoms with Crippen molar-refractivity contribution in [2.45, 2.75) is 5.92 Å². The topological polar surface area (TPSA) is 84.6 Å². The highest BCUT2D eigenvalue weighted by Gasteiger charge is 2.40. The van der Waals surface area contributed by atoms with E-state index in [1.165, 1.54) is 0 Å². The molecule has 4 rings (SSSR count). The van der Waals surface area contributed by atoms with Crippen molar-refractivity contribution in [1.82, 2.24) is 0 Å². The first-order valence-corrected chi connectivity index (χ1v) is 7.45. The number of ether oxygens (including phenoxy) is 4. The largest absolute Gasteiger partial charge is 0.497 e. The van der Waals surface area contributed by atoms with Crippen LogP contribution in [0.1, 0.15) is 17.0 Å². The molecule has 2 aromatic rings. The standard InChI is InChI=1S/C18H14N2O4/c1-21-11-4-2-3-10(7-11)15-12-5-6-14-17(23-9-22-14)16(12)24-18(20)13(15)8-19/h2-7,13,15,20H,9H2,1H3. The van der Waals surface area contributed by atoms with E-state index in [9.17, 15) is 5.26 Å². The third-order valence-electron chi connectivity index (χ3n) is 4.28. The van der Waals surface area contributed by atoms with Gasteiger partial charge in [0.2, 0.25) is 18.4 Å². The van der Waals surface area contributed by atoms with Crippen LogP contribution in [0, 0.1) is 22.7 Å². The highest BCUT2D eigenvalue weighted by atomic mass is 16.7. The van der Waals surface area contributed by atoms with Crippen LogP contribution in [0.5, 0.6) is 23.0 Å². The second-order valence-corrected chi connectivity index (χ2v) is 5.55. The molecule has 0 amide bonds. The maximum absolute atomic E-state index is 9.58. The molecule has 1 N–H and O–H groups in total. The molecule has 2 aromatic carbocycles. The predicted molar refractivity (Wildman–Crippen MR) is 84.9 cm³/mol. The number of methoxy groups -OCH3 is 1. The van der Waals surface area contributed by atoms with Gasteiger partial charge in [-0.3, -0.25) is 5.41 Å². The van der Waals surface area contributed by atoms with E-state index in [0.29, 0.717) is 23.0 Å². The van der Waals surface area contributed by atoms with Gasteiger partial charge in [0.15, 0.2) is 11.5 Å². The maximum Gasteiger partial charge on any atom is 0.231 e. The fourth-order valence-electron chi connectivity index (χ4n) is 3.16. The van der Waals surface area contributed by atoms with Gasteiger partial charge >= 0.3 is 0 Å². The van der Waals surface area contributed by atoms with Gasteiger partial charge in [0, 0.05) is 11.5 Å². The zero-order valence-corrected chi connectivity index (χ0v) is 12.9. The van der Waals surface area contributed by atoms with E-state index in [-0.39, 0.29) is 18.6 Å². The Morgan fingerprint density at radius 3 is 2.88 bits per heavy atom. The van der Waals surface area contributed by atoms with Crippen molar-refractivity contribution < 1.29 is 18.9 Å². The number of nitrogens with one attached hydrogen (secondary N) is 1. The molecule has 24 heavy (non-hydrogen) atoms. The van der Waals surface area contributed by atoms with Crippen molar-refractivity contribution in [3.8, 4) is 29.1 Å².